The van der Waals surface area contributed by atoms with Crippen molar-refractivity contribution in [2.45, 2.75) is 46.1 Å². The maximum Gasteiger partial charge on any atom is 0.332 e. The Morgan fingerprint density at radius 2 is 1.56 bits per heavy atom. The fraction of sp³-hybridized carbons (Fsp3) is 0.706. The molecule has 0 aliphatic heterocycles. The lowest BCUT2D eigenvalue weighted by Gasteiger charge is -2.21. The third-order valence-corrected chi connectivity index (χ3v) is 4.47. The zero-order valence-electron chi connectivity index (χ0n) is 15.9. The van der Waals surface area contributed by atoms with Gasteiger partial charge in [0.2, 0.25) is 0 Å². The lowest BCUT2D eigenvalue weighted by molar-refractivity contribution is -0.172. The first-order chi connectivity index (χ1) is 11.9. The zero-order valence-corrected chi connectivity index (χ0v) is 15.9. The van der Waals surface area contributed by atoms with Gasteiger partial charge >= 0.3 is 5.69 Å². The van der Waals surface area contributed by atoms with Gasteiger partial charge in [-0.2, -0.15) is 5.06 Å². The maximum absolute atomic E-state index is 12.4. The minimum absolute atomic E-state index is 0.274. The van der Waals surface area contributed by atoms with Crippen LogP contribution in [0.5, 0.6) is 0 Å². The second-order valence-corrected chi connectivity index (χ2v) is 6.37. The van der Waals surface area contributed by atoms with Crippen LogP contribution in [0.15, 0.2) is 9.59 Å². The van der Waals surface area contributed by atoms with Crippen molar-refractivity contribution >= 4 is 11.2 Å². The molecule has 0 aromatic carbocycles. The molecule has 2 aromatic rings. The summed E-state index contributed by atoms with van der Waals surface area (Å²) in [7, 11) is 4.88. The van der Waals surface area contributed by atoms with E-state index >= 15 is 0 Å². The van der Waals surface area contributed by atoms with E-state index in [2.05, 4.69) is 18.8 Å². The maximum atomic E-state index is 12.4. The molecule has 8 heteroatoms. The average Bonchev–Trinajstić information content (AvgIpc) is 2.94. The molecule has 0 amide bonds. The van der Waals surface area contributed by atoms with E-state index in [4.69, 9.17) is 4.84 Å². The van der Waals surface area contributed by atoms with Gasteiger partial charge in [-0.25, -0.2) is 9.78 Å². The van der Waals surface area contributed by atoms with Crippen molar-refractivity contribution in [2.75, 3.05) is 13.1 Å². The summed E-state index contributed by atoms with van der Waals surface area (Å²) in [6.07, 6.45) is 4.36. The fourth-order valence-corrected chi connectivity index (χ4v) is 2.75. The van der Waals surface area contributed by atoms with E-state index < -0.39 is 0 Å². The summed E-state index contributed by atoms with van der Waals surface area (Å²) in [4.78, 5) is 34.9. The lowest BCUT2D eigenvalue weighted by Crippen LogP contribution is -2.37. The summed E-state index contributed by atoms with van der Waals surface area (Å²) in [6.45, 7) is 6.33. The topological polar surface area (TPSA) is 74.3 Å². The smallest absolute Gasteiger partial charge is 0.323 e. The Morgan fingerprint density at radius 3 is 2.12 bits per heavy atom. The van der Waals surface area contributed by atoms with Crippen molar-refractivity contribution < 1.29 is 4.84 Å². The first-order valence-electron chi connectivity index (χ1n) is 8.91. The van der Waals surface area contributed by atoms with Crippen LogP contribution >= 0.6 is 0 Å². The van der Waals surface area contributed by atoms with Gasteiger partial charge in [-0.05, 0) is 12.8 Å². The predicted octanol–water partition coefficient (Wildman–Crippen LogP) is 1.30. The predicted molar refractivity (Wildman–Crippen MR) is 97.4 cm³/mol. The number of rotatable bonds is 9. The summed E-state index contributed by atoms with van der Waals surface area (Å²) in [5, 5.41) is 1.98. The first-order valence-corrected chi connectivity index (χ1v) is 8.91. The van der Waals surface area contributed by atoms with E-state index in [-0.39, 0.29) is 17.9 Å². The van der Waals surface area contributed by atoms with E-state index in [1.807, 2.05) is 5.06 Å². The molecular weight excluding hydrogens is 322 g/mol. The molecule has 0 bridgehead atoms. The first kappa shape index (κ1) is 19.4. The second kappa shape index (κ2) is 8.44. The van der Waals surface area contributed by atoms with E-state index in [1.165, 1.54) is 11.6 Å². The molecule has 0 atom stereocenters. The Morgan fingerprint density at radius 1 is 0.960 bits per heavy atom. The van der Waals surface area contributed by atoms with Crippen molar-refractivity contribution in [3.63, 3.8) is 0 Å². The van der Waals surface area contributed by atoms with Gasteiger partial charge in [-0.15, -0.1) is 0 Å². The standard InChI is InChI=1S/C17H29N5O3/c1-6-8-10-22(11-9-7-2)25-12-13-18-15-14(19(13)3)16(23)21(5)17(24)20(15)4/h6-12H2,1-5H3. The van der Waals surface area contributed by atoms with E-state index in [1.54, 1.807) is 18.7 Å². The molecule has 25 heavy (non-hydrogen) atoms. The summed E-state index contributed by atoms with van der Waals surface area (Å²) < 4.78 is 4.21. The van der Waals surface area contributed by atoms with Gasteiger partial charge in [0.25, 0.3) is 5.56 Å². The van der Waals surface area contributed by atoms with Crippen LogP contribution < -0.4 is 11.2 Å². The van der Waals surface area contributed by atoms with Gasteiger partial charge in [0.1, 0.15) is 12.4 Å². The summed E-state index contributed by atoms with van der Waals surface area (Å²) in [5.74, 6) is 0.631. The minimum Gasteiger partial charge on any atom is -0.323 e. The highest BCUT2D eigenvalue weighted by atomic mass is 16.7. The molecule has 0 saturated carbocycles. The monoisotopic (exact) mass is 351 g/mol. The SMILES string of the molecule is CCCCN(CCCC)OCc1nc2c(c(=O)n(C)c(=O)n2C)n1C. The van der Waals surface area contributed by atoms with Crippen LogP contribution in [0.1, 0.15) is 45.4 Å². The molecule has 0 spiro atoms. The molecule has 2 aromatic heterocycles. The molecule has 8 nitrogen and oxygen atoms in total. The molecule has 0 aliphatic rings. The molecule has 2 rings (SSSR count). The van der Waals surface area contributed by atoms with Crippen molar-refractivity contribution in [3.8, 4) is 0 Å². The van der Waals surface area contributed by atoms with Crippen molar-refractivity contribution in [1.82, 2.24) is 23.7 Å². The van der Waals surface area contributed by atoms with Gasteiger partial charge < -0.3 is 4.57 Å². The highest BCUT2D eigenvalue weighted by molar-refractivity contribution is 5.70. The van der Waals surface area contributed by atoms with Crippen LogP contribution in [0.25, 0.3) is 11.2 Å². The second-order valence-electron chi connectivity index (χ2n) is 6.37. The van der Waals surface area contributed by atoms with E-state index in [9.17, 15) is 9.59 Å². The van der Waals surface area contributed by atoms with Gasteiger partial charge in [0.15, 0.2) is 11.2 Å². The highest BCUT2D eigenvalue weighted by Gasteiger charge is 2.17. The molecule has 2 heterocycles. The van der Waals surface area contributed by atoms with Crippen LogP contribution in [0.2, 0.25) is 0 Å². The number of nitrogens with zero attached hydrogens (tertiary/aromatic N) is 5. The number of imidazole rings is 1. The number of fused-ring (bicyclic) bond motifs is 1. The summed E-state index contributed by atoms with van der Waals surface area (Å²) in [6, 6.07) is 0. The van der Waals surface area contributed by atoms with Crippen LogP contribution in [0, 0.1) is 0 Å². The Hall–Kier alpha value is -1.93. The van der Waals surface area contributed by atoms with E-state index in [0.717, 1.165) is 43.3 Å². The molecular formula is C17H29N5O3. The van der Waals surface area contributed by atoms with Crippen LogP contribution in [0.4, 0.5) is 0 Å². The van der Waals surface area contributed by atoms with Crippen LogP contribution in [-0.2, 0) is 32.6 Å². The Labute approximate surface area is 147 Å². The van der Waals surface area contributed by atoms with Crippen LogP contribution in [0.3, 0.4) is 0 Å². The third-order valence-electron chi connectivity index (χ3n) is 4.47. The number of aromatic nitrogens is 4. The zero-order chi connectivity index (χ0) is 18.6. The van der Waals surface area contributed by atoms with Crippen molar-refractivity contribution in [1.29, 1.82) is 0 Å². The van der Waals surface area contributed by atoms with Crippen LogP contribution in [-0.4, -0.2) is 36.8 Å². The number of unbranched alkanes of at least 4 members (excludes halogenated alkanes) is 2. The minimum atomic E-state index is -0.379. The lowest BCUT2D eigenvalue weighted by atomic mass is 10.3. The third kappa shape index (κ3) is 4.01. The van der Waals surface area contributed by atoms with Gasteiger partial charge in [0, 0.05) is 34.2 Å². The Kier molecular flexibility index (Phi) is 6.55. The van der Waals surface area contributed by atoms with Gasteiger partial charge in [-0.3, -0.25) is 18.8 Å². The molecule has 0 fully saturated rings. The molecule has 0 aliphatic carbocycles. The molecule has 0 radical (unpaired) electrons. The summed E-state index contributed by atoms with van der Waals surface area (Å²) in [5.41, 5.74) is 0.0866. The number of hydroxylamine groups is 2. The van der Waals surface area contributed by atoms with E-state index in [0.29, 0.717) is 17.0 Å². The van der Waals surface area contributed by atoms with Gasteiger partial charge in [-0.1, -0.05) is 26.7 Å². The fourth-order valence-electron chi connectivity index (χ4n) is 2.75. The van der Waals surface area contributed by atoms with Crippen molar-refractivity contribution in [2.24, 2.45) is 21.1 Å². The number of hydrogen-bond donors (Lipinski definition) is 0. The quantitative estimate of drug-likeness (QED) is 0.637. The number of hydrogen-bond acceptors (Lipinski definition) is 5. The number of aryl methyl sites for hydroxylation is 2. The Balaban J connectivity index is 2.28. The molecule has 0 saturated heterocycles. The average molecular weight is 351 g/mol. The van der Waals surface area contributed by atoms with Crippen molar-refractivity contribution in [3.05, 3.63) is 26.7 Å². The normalized spacial score (nSPS) is 11.8. The van der Waals surface area contributed by atoms with Gasteiger partial charge in [0.05, 0.1) is 0 Å². The largest absolute Gasteiger partial charge is 0.332 e. The summed E-state index contributed by atoms with van der Waals surface area (Å²) >= 11 is 0. The molecule has 0 N–H and O–H groups in total. The molecule has 0 unspecified atom stereocenters. The Bertz CT molecular complexity index is 825. The molecule has 140 valence electrons. The highest BCUT2D eigenvalue weighted by Crippen LogP contribution is 2.11.